The molecule has 12 heavy (non-hydrogen) atoms. The SMILES string of the molecule is CN(C)[C@@H]1C[C@H]2CC[C@@H]2C[C@H]1O. The van der Waals surface area contributed by atoms with E-state index >= 15 is 0 Å². The summed E-state index contributed by atoms with van der Waals surface area (Å²) in [6.07, 6.45) is 4.97. The Morgan fingerprint density at radius 2 is 1.67 bits per heavy atom. The second-order valence-corrected chi connectivity index (χ2v) is 4.67. The highest BCUT2D eigenvalue weighted by Crippen LogP contribution is 2.45. The van der Waals surface area contributed by atoms with Crippen LogP contribution in [-0.2, 0) is 0 Å². The van der Waals surface area contributed by atoms with E-state index in [0.717, 1.165) is 18.3 Å². The van der Waals surface area contributed by atoms with Gasteiger partial charge in [0.05, 0.1) is 6.10 Å². The predicted octanol–water partition coefficient (Wildman–Crippen LogP) is 1.10. The van der Waals surface area contributed by atoms with Gasteiger partial charge in [0.15, 0.2) is 0 Å². The molecule has 0 heterocycles. The van der Waals surface area contributed by atoms with Crippen molar-refractivity contribution in [2.75, 3.05) is 14.1 Å². The number of hydrogen-bond donors (Lipinski definition) is 1. The van der Waals surface area contributed by atoms with Crippen LogP contribution in [0.5, 0.6) is 0 Å². The van der Waals surface area contributed by atoms with E-state index in [-0.39, 0.29) is 6.10 Å². The first-order valence-corrected chi connectivity index (χ1v) is 5.03. The summed E-state index contributed by atoms with van der Waals surface area (Å²) in [7, 11) is 4.15. The van der Waals surface area contributed by atoms with Crippen LogP contribution in [-0.4, -0.2) is 36.2 Å². The molecule has 0 saturated heterocycles. The summed E-state index contributed by atoms with van der Waals surface area (Å²) in [6, 6.07) is 0.423. The topological polar surface area (TPSA) is 23.5 Å². The van der Waals surface area contributed by atoms with Gasteiger partial charge in [0.25, 0.3) is 0 Å². The van der Waals surface area contributed by atoms with E-state index in [1.165, 1.54) is 19.3 Å². The van der Waals surface area contributed by atoms with Crippen molar-refractivity contribution in [2.45, 2.75) is 37.8 Å². The lowest BCUT2D eigenvalue weighted by atomic mass is 9.63. The highest BCUT2D eigenvalue weighted by molar-refractivity contribution is 4.94. The first-order chi connectivity index (χ1) is 5.68. The van der Waals surface area contributed by atoms with Crippen LogP contribution < -0.4 is 0 Å². The largest absolute Gasteiger partial charge is 0.391 e. The van der Waals surface area contributed by atoms with Gasteiger partial charge in [-0.05, 0) is 51.6 Å². The number of aliphatic hydroxyl groups excluding tert-OH is 1. The minimum absolute atomic E-state index is 0.0680. The Balaban J connectivity index is 1.97. The normalized spacial score (nSPS) is 47.0. The summed E-state index contributed by atoms with van der Waals surface area (Å²) in [5.41, 5.74) is 0. The third-order valence-corrected chi connectivity index (χ3v) is 3.77. The quantitative estimate of drug-likeness (QED) is 0.635. The van der Waals surface area contributed by atoms with Crippen LogP contribution in [0.2, 0.25) is 0 Å². The van der Waals surface area contributed by atoms with Gasteiger partial charge in [0.2, 0.25) is 0 Å². The maximum Gasteiger partial charge on any atom is 0.0698 e. The highest BCUT2D eigenvalue weighted by atomic mass is 16.3. The van der Waals surface area contributed by atoms with E-state index < -0.39 is 0 Å². The number of likely N-dealkylation sites (N-methyl/N-ethyl adjacent to an activating group) is 1. The van der Waals surface area contributed by atoms with Crippen molar-refractivity contribution >= 4 is 0 Å². The van der Waals surface area contributed by atoms with E-state index in [4.69, 9.17) is 0 Å². The molecule has 2 heteroatoms. The van der Waals surface area contributed by atoms with Gasteiger partial charge in [-0.3, -0.25) is 0 Å². The Bertz CT molecular complexity index is 169. The molecule has 2 nitrogen and oxygen atoms in total. The van der Waals surface area contributed by atoms with Crippen molar-refractivity contribution in [1.29, 1.82) is 0 Å². The molecule has 0 unspecified atom stereocenters. The standard InChI is InChI=1S/C10H19NO/c1-11(2)9-5-7-3-4-8(7)6-10(9)12/h7-10,12H,3-6H2,1-2H3/t7-,8-,9-,10-/m1/s1. The molecule has 0 spiro atoms. The minimum Gasteiger partial charge on any atom is -0.391 e. The van der Waals surface area contributed by atoms with Gasteiger partial charge in [0, 0.05) is 6.04 Å². The van der Waals surface area contributed by atoms with Crippen molar-refractivity contribution in [3.63, 3.8) is 0 Å². The Hall–Kier alpha value is -0.0800. The molecule has 0 amide bonds. The van der Waals surface area contributed by atoms with Crippen LogP contribution in [0.25, 0.3) is 0 Å². The molecule has 0 aromatic heterocycles. The van der Waals surface area contributed by atoms with Crippen LogP contribution in [0.4, 0.5) is 0 Å². The Morgan fingerprint density at radius 3 is 2.17 bits per heavy atom. The first-order valence-electron chi connectivity index (χ1n) is 5.03. The van der Waals surface area contributed by atoms with Crippen molar-refractivity contribution < 1.29 is 5.11 Å². The lowest BCUT2D eigenvalue weighted by Gasteiger charge is -2.47. The third-order valence-electron chi connectivity index (χ3n) is 3.77. The second-order valence-electron chi connectivity index (χ2n) is 4.67. The van der Waals surface area contributed by atoms with Crippen molar-refractivity contribution in [3.8, 4) is 0 Å². The fraction of sp³-hybridized carbons (Fsp3) is 1.00. The Morgan fingerprint density at radius 1 is 1.08 bits per heavy atom. The Labute approximate surface area is 74.6 Å². The molecule has 1 N–H and O–H groups in total. The molecule has 4 atom stereocenters. The van der Waals surface area contributed by atoms with E-state index in [1.54, 1.807) is 0 Å². The summed E-state index contributed by atoms with van der Waals surface area (Å²) in [4.78, 5) is 2.18. The lowest BCUT2D eigenvalue weighted by Crippen LogP contribution is -2.49. The van der Waals surface area contributed by atoms with Crippen LogP contribution >= 0.6 is 0 Å². The van der Waals surface area contributed by atoms with Gasteiger partial charge in [-0.1, -0.05) is 0 Å². The van der Waals surface area contributed by atoms with Gasteiger partial charge in [-0.2, -0.15) is 0 Å². The Kier molecular flexibility index (Phi) is 2.13. The molecule has 2 saturated carbocycles. The fourth-order valence-electron chi connectivity index (χ4n) is 2.75. The molecule has 0 radical (unpaired) electrons. The van der Waals surface area contributed by atoms with Crippen molar-refractivity contribution in [3.05, 3.63) is 0 Å². The van der Waals surface area contributed by atoms with Crippen molar-refractivity contribution in [2.24, 2.45) is 11.8 Å². The van der Waals surface area contributed by atoms with E-state index in [0.29, 0.717) is 6.04 Å². The average molecular weight is 169 g/mol. The second kappa shape index (κ2) is 3.00. The van der Waals surface area contributed by atoms with Gasteiger partial charge >= 0.3 is 0 Å². The lowest BCUT2D eigenvalue weighted by molar-refractivity contribution is -0.0384. The molecule has 0 aliphatic heterocycles. The smallest absolute Gasteiger partial charge is 0.0698 e. The summed E-state index contributed by atoms with van der Waals surface area (Å²) < 4.78 is 0. The zero-order valence-corrected chi connectivity index (χ0v) is 8.03. The zero-order valence-electron chi connectivity index (χ0n) is 8.03. The average Bonchev–Trinajstić information content (AvgIpc) is 1.96. The summed E-state index contributed by atoms with van der Waals surface area (Å²) in [5.74, 6) is 1.79. The molecule has 0 aromatic rings. The maximum absolute atomic E-state index is 9.82. The molecule has 2 fully saturated rings. The van der Waals surface area contributed by atoms with E-state index in [2.05, 4.69) is 19.0 Å². The van der Waals surface area contributed by atoms with Gasteiger partial charge < -0.3 is 10.0 Å². The van der Waals surface area contributed by atoms with Gasteiger partial charge in [0.1, 0.15) is 0 Å². The number of fused-ring (bicyclic) bond motifs is 1. The monoisotopic (exact) mass is 169 g/mol. The summed E-state index contributed by atoms with van der Waals surface area (Å²) in [6.45, 7) is 0. The number of rotatable bonds is 1. The molecule has 2 aliphatic carbocycles. The molecule has 2 aliphatic rings. The fourth-order valence-corrected chi connectivity index (χ4v) is 2.75. The van der Waals surface area contributed by atoms with E-state index in [9.17, 15) is 5.11 Å². The summed E-state index contributed by atoms with van der Waals surface area (Å²) in [5, 5.41) is 9.82. The van der Waals surface area contributed by atoms with Crippen molar-refractivity contribution in [1.82, 2.24) is 4.90 Å². The number of hydrogen-bond acceptors (Lipinski definition) is 2. The summed E-state index contributed by atoms with van der Waals surface area (Å²) >= 11 is 0. The van der Waals surface area contributed by atoms with Crippen LogP contribution in [0, 0.1) is 11.8 Å². The minimum atomic E-state index is -0.0680. The van der Waals surface area contributed by atoms with Gasteiger partial charge in [-0.25, -0.2) is 0 Å². The van der Waals surface area contributed by atoms with Crippen LogP contribution in [0.1, 0.15) is 25.7 Å². The molecular formula is C10H19NO. The zero-order chi connectivity index (χ0) is 8.72. The molecular weight excluding hydrogens is 150 g/mol. The highest BCUT2D eigenvalue weighted by Gasteiger charge is 2.41. The predicted molar refractivity (Wildman–Crippen MR) is 48.9 cm³/mol. The van der Waals surface area contributed by atoms with E-state index in [1.807, 2.05) is 0 Å². The third kappa shape index (κ3) is 1.27. The first kappa shape index (κ1) is 8.52. The maximum atomic E-state index is 9.82. The molecule has 2 rings (SSSR count). The molecule has 0 aromatic carbocycles. The van der Waals surface area contributed by atoms with Crippen LogP contribution in [0.3, 0.4) is 0 Å². The number of aliphatic hydroxyl groups is 1. The number of nitrogens with zero attached hydrogens (tertiary/aromatic N) is 1. The molecule has 0 bridgehead atoms. The molecule has 70 valence electrons. The van der Waals surface area contributed by atoms with Crippen LogP contribution in [0.15, 0.2) is 0 Å². The van der Waals surface area contributed by atoms with Gasteiger partial charge in [-0.15, -0.1) is 0 Å².